The van der Waals surface area contributed by atoms with Crippen molar-refractivity contribution < 1.29 is 4.79 Å². The molecular formula is C12H19N5O. The lowest BCUT2D eigenvalue weighted by Crippen LogP contribution is -2.39. The van der Waals surface area contributed by atoms with Crippen LogP contribution in [0.5, 0.6) is 0 Å². The minimum Gasteiger partial charge on any atom is -0.373 e. The summed E-state index contributed by atoms with van der Waals surface area (Å²) in [6, 6.07) is 1.90. The highest BCUT2D eigenvalue weighted by Crippen LogP contribution is 2.21. The van der Waals surface area contributed by atoms with Crippen LogP contribution in [0.15, 0.2) is 6.07 Å². The van der Waals surface area contributed by atoms with E-state index in [4.69, 9.17) is 5.73 Å². The Hall–Kier alpha value is -1.85. The van der Waals surface area contributed by atoms with Gasteiger partial charge in [0.1, 0.15) is 5.82 Å². The van der Waals surface area contributed by atoms with Gasteiger partial charge in [-0.25, -0.2) is 4.98 Å². The number of piperidine rings is 1. The number of anilines is 2. The standard InChI is InChI=1S/C12H19N5O/c1-8-7-10(14-2)16-12(15-8)17-5-3-9(4-6-17)11(13)18/h7,9H,3-6H2,1-2H3,(H2,13,18)(H,14,15,16). The second-order valence-corrected chi connectivity index (χ2v) is 4.61. The van der Waals surface area contributed by atoms with Gasteiger partial charge in [-0.15, -0.1) is 0 Å². The third kappa shape index (κ3) is 2.69. The number of amides is 1. The largest absolute Gasteiger partial charge is 0.373 e. The molecule has 0 aliphatic carbocycles. The van der Waals surface area contributed by atoms with Gasteiger partial charge in [-0.1, -0.05) is 0 Å². The molecule has 0 spiro atoms. The topological polar surface area (TPSA) is 84.1 Å². The quantitative estimate of drug-likeness (QED) is 0.816. The Bertz CT molecular complexity index is 440. The number of carbonyl (C=O) groups excluding carboxylic acids is 1. The maximum absolute atomic E-state index is 11.1. The van der Waals surface area contributed by atoms with Gasteiger partial charge in [0, 0.05) is 37.8 Å². The molecule has 0 bridgehead atoms. The molecule has 0 saturated carbocycles. The first-order valence-corrected chi connectivity index (χ1v) is 6.18. The van der Waals surface area contributed by atoms with Crippen LogP contribution in [-0.4, -0.2) is 36.0 Å². The van der Waals surface area contributed by atoms with Crippen LogP contribution < -0.4 is 16.0 Å². The van der Waals surface area contributed by atoms with E-state index < -0.39 is 0 Å². The van der Waals surface area contributed by atoms with Gasteiger partial charge in [0.25, 0.3) is 0 Å². The molecule has 1 amide bonds. The number of primary amides is 1. The second kappa shape index (κ2) is 5.20. The summed E-state index contributed by atoms with van der Waals surface area (Å²) in [7, 11) is 1.84. The van der Waals surface area contributed by atoms with Crippen molar-refractivity contribution in [2.45, 2.75) is 19.8 Å². The maximum Gasteiger partial charge on any atom is 0.227 e. The first-order valence-electron chi connectivity index (χ1n) is 6.18. The Morgan fingerprint density at radius 1 is 1.44 bits per heavy atom. The SMILES string of the molecule is CNc1cc(C)nc(N2CCC(C(N)=O)CC2)n1. The second-order valence-electron chi connectivity index (χ2n) is 4.61. The highest BCUT2D eigenvalue weighted by molar-refractivity contribution is 5.76. The smallest absolute Gasteiger partial charge is 0.227 e. The molecule has 1 saturated heterocycles. The number of hydrogen-bond acceptors (Lipinski definition) is 5. The van der Waals surface area contributed by atoms with Crippen molar-refractivity contribution in [2.24, 2.45) is 11.7 Å². The van der Waals surface area contributed by atoms with Gasteiger partial charge in [-0.2, -0.15) is 4.98 Å². The van der Waals surface area contributed by atoms with E-state index in [2.05, 4.69) is 20.2 Å². The van der Waals surface area contributed by atoms with Gasteiger partial charge in [0.15, 0.2) is 0 Å². The van der Waals surface area contributed by atoms with Crippen molar-refractivity contribution in [3.05, 3.63) is 11.8 Å². The van der Waals surface area contributed by atoms with Gasteiger partial charge in [0.2, 0.25) is 11.9 Å². The average Bonchev–Trinajstić information content (AvgIpc) is 2.38. The molecule has 1 aliphatic rings. The van der Waals surface area contributed by atoms with E-state index in [0.29, 0.717) is 0 Å². The van der Waals surface area contributed by atoms with Crippen LogP contribution in [0.4, 0.5) is 11.8 Å². The zero-order valence-electron chi connectivity index (χ0n) is 10.8. The van der Waals surface area contributed by atoms with Crippen LogP contribution >= 0.6 is 0 Å². The van der Waals surface area contributed by atoms with E-state index in [1.807, 2.05) is 20.0 Å². The molecule has 1 aliphatic heterocycles. The van der Waals surface area contributed by atoms with Gasteiger partial charge < -0.3 is 16.0 Å². The van der Waals surface area contributed by atoms with E-state index in [1.165, 1.54) is 0 Å². The van der Waals surface area contributed by atoms with Crippen LogP contribution in [0.2, 0.25) is 0 Å². The van der Waals surface area contributed by atoms with Crippen molar-refractivity contribution in [1.82, 2.24) is 9.97 Å². The normalized spacial score (nSPS) is 16.7. The highest BCUT2D eigenvalue weighted by atomic mass is 16.1. The number of aryl methyl sites for hydroxylation is 1. The number of aromatic nitrogens is 2. The highest BCUT2D eigenvalue weighted by Gasteiger charge is 2.24. The lowest BCUT2D eigenvalue weighted by Gasteiger charge is -2.30. The molecule has 2 rings (SSSR count). The van der Waals surface area contributed by atoms with Crippen LogP contribution in [-0.2, 0) is 4.79 Å². The summed E-state index contributed by atoms with van der Waals surface area (Å²) in [6.07, 6.45) is 1.56. The zero-order valence-corrected chi connectivity index (χ0v) is 10.8. The predicted octanol–water partition coefficient (Wildman–Crippen LogP) is 0.528. The Balaban J connectivity index is 2.09. The molecule has 2 heterocycles. The fourth-order valence-electron chi connectivity index (χ4n) is 2.19. The summed E-state index contributed by atoms with van der Waals surface area (Å²) in [4.78, 5) is 22.1. The molecule has 0 unspecified atom stereocenters. The first kappa shape index (κ1) is 12.6. The summed E-state index contributed by atoms with van der Waals surface area (Å²) in [6.45, 7) is 3.50. The third-order valence-electron chi connectivity index (χ3n) is 3.28. The number of nitrogens with one attached hydrogen (secondary N) is 1. The Morgan fingerprint density at radius 2 is 2.11 bits per heavy atom. The molecule has 1 fully saturated rings. The molecular weight excluding hydrogens is 230 g/mol. The Morgan fingerprint density at radius 3 is 2.67 bits per heavy atom. The van der Waals surface area contributed by atoms with Crippen LogP contribution in [0.1, 0.15) is 18.5 Å². The van der Waals surface area contributed by atoms with Crippen LogP contribution in [0.25, 0.3) is 0 Å². The molecule has 0 radical (unpaired) electrons. The molecule has 6 heteroatoms. The lowest BCUT2D eigenvalue weighted by atomic mass is 9.96. The fourth-order valence-corrected chi connectivity index (χ4v) is 2.19. The number of carbonyl (C=O) groups is 1. The van der Waals surface area contributed by atoms with Crippen molar-refractivity contribution in [1.29, 1.82) is 0 Å². The lowest BCUT2D eigenvalue weighted by molar-refractivity contribution is -0.122. The third-order valence-corrected chi connectivity index (χ3v) is 3.28. The van der Waals surface area contributed by atoms with Gasteiger partial charge >= 0.3 is 0 Å². The monoisotopic (exact) mass is 249 g/mol. The van der Waals surface area contributed by atoms with E-state index in [9.17, 15) is 4.79 Å². The number of nitrogens with two attached hydrogens (primary N) is 1. The van der Waals surface area contributed by atoms with Gasteiger partial charge in [0.05, 0.1) is 0 Å². The van der Waals surface area contributed by atoms with Crippen molar-refractivity contribution >= 4 is 17.7 Å². The molecule has 18 heavy (non-hydrogen) atoms. The molecule has 0 aromatic carbocycles. The van der Waals surface area contributed by atoms with Crippen LogP contribution in [0.3, 0.4) is 0 Å². The minimum absolute atomic E-state index is 0.00479. The molecule has 98 valence electrons. The van der Waals surface area contributed by atoms with Crippen molar-refractivity contribution in [3.8, 4) is 0 Å². The van der Waals surface area contributed by atoms with Crippen molar-refractivity contribution in [3.63, 3.8) is 0 Å². The summed E-state index contributed by atoms with van der Waals surface area (Å²) < 4.78 is 0. The molecule has 1 aromatic heterocycles. The van der Waals surface area contributed by atoms with Gasteiger partial charge in [-0.3, -0.25) is 4.79 Å². The maximum atomic E-state index is 11.1. The molecule has 1 aromatic rings. The fraction of sp³-hybridized carbons (Fsp3) is 0.583. The average molecular weight is 249 g/mol. The van der Waals surface area contributed by atoms with E-state index in [0.717, 1.165) is 43.4 Å². The Kier molecular flexibility index (Phi) is 3.64. The summed E-state index contributed by atoms with van der Waals surface area (Å²) in [5, 5.41) is 3.02. The van der Waals surface area contributed by atoms with E-state index in [-0.39, 0.29) is 11.8 Å². The Labute approximate surface area is 107 Å². The number of nitrogens with zero attached hydrogens (tertiary/aromatic N) is 3. The minimum atomic E-state index is -0.198. The predicted molar refractivity (Wildman–Crippen MR) is 70.4 cm³/mol. The molecule has 3 N–H and O–H groups in total. The van der Waals surface area contributed by atoms with Crippen molar-refractivity contribution in [2.75, 3.05) is 30.4 Å². The number of hydrogen-bond donors (Lipinski definition) is 2. The van der Waals surface area contributed by atoms with E-state index in [1.54, 1.807) is 0 Å². The molecule has 6 nitrogen and oxygen atoms in total. The molecule has 0 atom stereocenters. The zero-order chi connectivity index (χ0) is 13.1. The summed E-state index contributed by atoms with van der Waals surface area (Å²) in [5.41, 5.74) is 6.25. The summed E-state index contributed by atoms with van der Waals surface area (Å²) >= 11 is 0. The summed E-state index contributed by atoms with van der Waals surface area (Å²) in [5.74, 6) is 1.34. The van der Waals surface area contributed by atoms with Gasteiger partial charge in [-0.05, 0) is 19.8 Å². The number of rotatable bonds is 3. The van der Waals surface area contributed by atoms with Crippen LogP contribution in [0, 0.1) is 12.8 Å². The first-order chi connectivity index (χ1) is 8.60. The van der Waals surface area contributed by atoms with E-state index >= 15 is 0 Å².